The largest absolute Gasteiger partial charge is 0.0996 e. The molecule has 0 aromatic carbocycles. The van der Waals surface area contributed by atoms with Gasteiger partial charge in [-0.25, -0.2) is 0 Å². The summed E-state index contributed by atoms with van der Waals surface area (Å²) in [6.07, 6.45) is 3.60. The maximum atomic E-state index is 4.05. The van der Waals surface area contributed by atoms with Gasteiger partial charge in [-0.3, -0.25) is 0 Å². The van der Waals surface area contributed by atoms with Gasteiger partial charge in [-0.05, 0) is 45.4 Å². The van der Waals surface area contributed by atoms with Gasteiger partial charge in [0.05, 0.1) is 0 Å². The van der Waals surface area contributed by atoms with Crippen LogP contribution in [0.2, 0.25) is 0 Å². The summed E-state index contributed by atoms with van der Waals surface area (Å²) in [5, 5.41) is 0. The fourth-order valence-electron chi connectivity index (χ4n) is 1.23. The van der Waals surface area contributed by atoms with Crippen LogP contribution in [-0.2, 0) is 0 Å². The molecular weight excluding hydrogens is 168 g/mol. The van der Waals surface area contributed by atoms with Crippen molar-refractivity contribution < 1.29 is 0 Å². The van der Waals surface area contributed by atoms with Gasteiger partial charge in [0.15, 0.2) is 0 Å². The van der Waals surface area contributed by atoms with E-state index in [0.29, 0.717) is 0 Å². The minimum Gasteiger partial charge on any atom is -0.0996 e. The molecule has 0 aliphatic heterocycles. The predicted molar refractivity (Wildman–Crippen MR) is 66.5 cm³/mol. The van der Waals surface area contributed by atoms with Crippen LogP contribution in [-0.4, -0.2) is 0 Å². The van der Waals surface area contributed by atoms with E-state index in [4.69, 9.17) is 0 Å². The van der Waals surface area contributed by atoms with Crippen LogP contribution in [0.3, 0.4) is 0 Å². The number of allylic oxidation sites excluding steroid dienone is 3. The van der Waals surface area contributed by atoms with Gasteiger partial charge < -0.3 is 0 Å². The van der Waals surface area contributed by atoms with E-state index in [2.05, 4.69) is 48.1 Å². The Morgan fingerprint density at radius 2 is 1.57 bits per heavy atom. The van der Waals surface area contributed by atoms with E-state index in [-0.39, 0.29) is 5.41 Å². The first-order valence-electron chi connectivity index (χ1n) is 5.62. The molecule has 0 aromatic rings. The van der Waals surface area contributed by atoms with Gasteiger partial charge in [-0.15, -0.1) is 0 Å². The Labute approximate surface area is 90.1 Å². The molecule has 0 unspecified atom stereocenters. The second-order valence-electron chi connectivity index (χ2n) is 5.08. The number of rotatable bonds is 5. The summed E-state index contributed by atoms with van der Waals surface area (Å²) in [4.78, 5) is 0. The molecule has 82 valence electrons. The third kappa shape index (κ3) is 4.13. The second kappa shape index (κ2) is 5.38. The summed E-state index contributed by atoms with van der Waals surface area (Å²) in [5.74, 6) is 0. The maximum absolute atomic E-state index is 4.05. The van der Waals surface area contributed by atoms with E-state index in [1.807, 2.05) is 0 Å². The number of hydrogen-bond donors (Lipinski definition) is 0. The van der Waals surface area contributed by atoms with Gasteiger partial charge >= 0.3 is 0 Å². The Bertz CT molecular complexity index is 228. The van der Waals surface area contributed by atoms with Gasteiger partial charge in [-0.2, -0.15) is 0 Å². The lowest BCUT2D eigenvalue weighted by Crippen LogP contribution is -2.12. The summed E-state index contributed by atoms with van der Waals surface area (Å²) >= 11 is 0. The zero-order chi connectivity index (χ0) is 11.4. The maximum Gasteiger partial charge on any atom is -0.0147 e. The molecule has 0 nitrogen and oxygen atoms in total. The van der Waals surface area contributed by atoms with Crippen LogP contribution in [0, 0.1) is 5.41 Å². The Balaban J connectivity index is 4.26. The standard InChI is InChI=1S/C14H26/c1-8-12(4)13(5)9-10-14(6,7)11(2)3/h2,8-10H2,1,3-7H3/b13-12+. The van der Waals surface area contributed by atoms with Crippen molar-refractivity contribution in [2.75, 3.05) is 0 Å². The van der Waals surface area contributed by atoms with Crippen LogP contribution >= 0.6 is 0 Å². The van der Waals surface area contributed by atoms with Crippen molar-refractivity contribution in [2.45, 2.75) is 60.8 Å². The van der Waals surface area contributed by atoms with E-state index in [9.17, 15) is 0 Å². The fourth-order valence-corrected chi connectivity index (χ4v) is 1.23. The highest BCUT2D eigenvalue weighted by atomic mass is 14.2. The molecule has 0 aliphatic carbocycles. The molecule has 0 heteroatoms. The molecule has 0 spiro atoms. The minimum absolute atomic E-state index is 0.287. The quantitative estimate of drug-likeness (QED) is 0.533. The molecule has 0 aromatic heterocycles. The molecular formula is C14H26. The van der Waals surface area contributed by atoms with E-state index in [0.717, 1.165) is 0 Å². The summed E-state index contributed by atoms with van der Waals surface area (Å²) in [6.45, 7) is 17.5. The van der Waals surface area contributed by atoms with Crippen LogP contribution in [0.25, 0.3) is 0 Å². The molecule has 0 amide bonds. The smallest absolute Gasteiger partial charge is 0.0147 e. The van der Waals surface area contributed by atoms with Gasteiger partial charge in [-0.1, -0.05) is 44.1 Å². The van der Waals surface area contributed by atoms with Crippen molar-refractivity contribution in [3.63, 3.8) is 0 Å². The third-order valence-corrected chi connectivity index (χ3v) is 3.54. The first-order chi connectivity index (χ1) is 6.31. The zero-order valence-electron chi connectivity index (χ0n) is 10.8. The summed E-state index contributed by atoms with van der Waals surface area (Å²) in [5.41, 5.74) is 4.68. The normalized spacial score (nSPS) is 13.9. The van der Waals surface area contributed by atoms with Crippen molar-refractivity contribution in [1.82, 2.24) is 0 Å². The highest BCUT2D eigenvalue weighted by molar-refractivity contribution is 5.11. The third-order valence-electron chi connectivity index (χ3n) is 3.54. The molecule has 0 rings (SSSR count). The molecule has 0 aliphatic rings. The van der Waals surface area contributed by atoms with Crippen molar-refractivity contribution in [3.8, 4) is 0 Å². The van der Waals surface area contributed by atoms with Crippen LogP contribution < -0.4 is 0 Å². The molecule has 0 N–H and O–H groups in total. The second-order valence-corrected chi connectivity index (χ2v) is 5.08. The Hall–Kier alpha value is -0.520. The van der Waals surface area contributed by atoms with Crippen molar-refractivity contribution in [1.29, 1.82) is 0 Å². The summed E-state index contributed by atoms with van der Waals surface area (Å²) in [7, 11) is 0. The molecule has 0 radical (unpaired) electrons. The van der Waals surface area contributed by atoms with Crippen molar-refractivity contribution in [3.05, 3.63) is 23.3 Å². The lowest BCUT2D eigenvalue weighted by atomic mass is 9.80. The lowest BCUT2D eigenvalue weighted by molar-refractivity contribution is 0.408. The fraction of sp³-hybridized carbons (Fsp3) is 0.714. The predicted octanol–water partition coefficient (Wildman–Crippen LogP) is 5.12. The van der Waals surface area contributed by atoms with Crippen LogP contribution in [0.5, 0.6) is 0 Å². The topological polar surface area (TPSA) is 0 Å². The Morgan fingerprint density at radius 1 is 1.07 bits per heavy atom. The van der Waals surface area contributed by atoms with E-state index in [1.54, 1.807) is 11.1 Å². The van der Waals surface area contributed by atoms with Crippen LogP contribution in [0.4, 0.5) is 0 Å². The van der Waals surface area contributed by atoms with Crippen molar-refractivity contribution >= 4 is 0 Å². The van der Waals surface area contributed by atoms with Gasteiger partial charge in [0.2, 0.25) is 0 Å². The van der Waals surface area contributed by atoms with Crippen molar-refractivity contribution in [2.24, 2.45) is 5.41 Å². The molecule has 0 bridgehead atoms. The highest BCUT2D eigenvalue weighted by Gasteiger charge is 2.18. The van der Waals surface area contributed by atoms with Gasteiger partial charge in [0.25, 0.3) is 0 Å². The van der Waals surface area contributed by atoms with Gasteiger partial charge in [0.1, 0.15) is 0 Å². The molecule has 14 heavy (non-hydrogen) atoms. The number of hydrogen-bond acceptors (Lipinski definition) is 0. The van der Waals surface area contributed by atoms with Crippen LogP contribution in [0.15, 0.2) is 23.3 Å². The molecule has 0 heterocycles. The SMILES string of the molecule is C=C(C)C(C)(C)CC/C(C)=C(\C)CC. The average molecular weight is 194 g/mol. The molecule has 0 saturated heterocycles. The molecule has 0 fully saturated rings. The van der Waals surface area contributed by atoms with Crippen LogP contribution in [0.1, 0.15) is 60.8 Å². The first-order valence-corrected chi connectivity index (χ1v) is 5.62. The van der Waals surface area contributed by atoms with Gasteiger partial charge in [0, 0.05) is 0 Å². The summed E-state index contributed by atoms with van der Waals surface area (Å²) < 4.78 is 0. The highest BCUT2D eigenvalue weighted by Crippen LogP contribution is 2.32. The average Bonchev–Trinajstić information content (AvgIpc) is 2.12. The van der Waals surface area contributed by atoms with E-state index >= 15 is 0 Å². The molecule has 0 saturated carbocycles. The Morgan fingerprint density at radius 3 is 1.93 bits per heavy atom. The summed E-state index contributed by atoms with van der Waals surface area (Å²) in [6, 6.07) is 0. The first kappa shape index (κ1) is 13.5. The Kier molecular flexibility index (Phi) is 5.18. The molecule has 0 atom stereocenters. The van der Waals surface area contributed by atoms with E-state index in [1.165, 1.54) is 24.8 Å². The minimum atomic E-state index is 0.287. The van der Waals surface area contributed by atoms with E-state index < -0.39 is 0 Å². The zero-order valence-corrected chi connectivity index (χ0v) is 10.8. The lowest BCUT2D eigenvalue weighted by Gasteiger charge is -2.25. The monoisotopic (exact) mass is 194 g/mol.